The Bertz CT molecular complexity index is 800. The molecule has 0 amide bonds. The van der Waals surface area contributed by atoms with Crippen LogP contribution in [-0.4, -0.2) is 14.9 Å². The number of hydrogen-bond acceptors (Lipinski definition) is 2. The first kappa shape index (κ1) is 14.0. The molecule has 1 aromatic heterocycles. The Hall–Kier alpha value is -1.91. The zero-order chi connectivity index (χ0) is 15.0. The lowest BCUT2D eigenvalue weighted by molar-refractivity contribution is 0.172. The number of halogens is 2. The predicted octanol–water partition coefficient (Wildman–Crippen LogP) is 3.64. The summed E-state index contributed by atoms with van der Waals surface area (Å²) in [4.78, 5) is 0. The fourth-order valence-electron chi connectivity index (χ4n) is 2.50. The van der Waals surface area contributed by atoms with Gasteiger partial charge in [0, 0.05) is 29.4 Å². The van der Waals surface area contributed by atoms with Crippen molar-refractivity contribution in [1.29, 1.82) is 0 Å². The van der Waals surface area contributed by atoms with Crippen LogP contribution < -0.4 is 0 Å². The second-order valence-electron chi connectivity index (χ2n) is 4.97. The molecule has 1 atom stereocenters. The van der Waals surface area contributed by atoms with Crippen molar-refractivity contribution in [3.05, 3.63) is 64.6 Å². The average Bonchev–Trinajstić information content (AvgIpc) is 2.78. The minimum atomic E-state index is -0.984. The van der Waals surface area contributed by atoms with Crippen LogP contribution in [0.4, 0.5) is 4.39 Å². The van der Waals surface area contributed by atoms with Crippen LogP contribution >= 0.6 is 11.6 Å². The Kier molecular flexibility index (Phi) is 3.66. The van der Waals surface area contributed by atoms with Gasteiger partial charge in [0.1, 0.15) is 5.82 Å². The highest BCUT2D eigenvalue weighted by Gasteiger charge is 2.17. The molecular weight excluding hydrogens is 291 g/mol. The largest absolute Gasteiger partial charge is 0.388 e. The lowest BCUT2D eigenvalue weighted by Crippen LogP contribution is -2.05. The molecule has 0 spiro atoms. The SMILES string of the molecule is Cn1nc(CC(O)c2cc(Cl)ccc2F)c2ccccc21. The molecule has 5 heteroatoms. The van der Waals surface area contributed by atoms with E-state index in [1.165, 1.54) is 18.2 Å². The molecule has 0 aliphatic rings. The number of para-hydroxylation sites is 1. The quantitative estimate of drug-likeness (QED) is 0.802. The van der Waals surface area contributed by atoms with E-state index >= 15 is 0 Å². The van der Waals surface area contributed by atoms with Crippen molar-refractivity contribution < 1.29 is 9.50 Å². The van der Waals surface area contributed by atoms with E-state index in [1.54, 1.807) is 4.68 Å². The van der Waals surface area contributed by atoms with Gasteiger partial charge in [-0.05, 0) is 24.3 Å². The maximum atomic E-state index is 13.8. The summed E-state index contributed by atoms with van der Waals surface area (Å²) in [6.45, 7) is 0. The van der Waals surface area contributed by atoms with Gasteiger partial charge in [-0.1, -0.05) is 29.8 Å². The number of aromatic nitrogens is 2. The van der Waals surface area contributed by atoms with Crippen LogP contribution in [0.5, 0.6) is 0 Å². The highest BCUT2D eigenvalue weighted by atomic mass is 35.5. The number of aliphatic hydroxyl groups excluding tert-OH is 1. The van der Waals surface area contributed by atoms with Gasteiger partial charge in [0.15, 0.2) is 0 Å². The first-order valence-electron chi connectivity index (χ1n) is 6.60. The number of nitrogens with zero attached hydrogens (tertiary/aromatic N) is 2. The number of aliphatic hydroxyl groups is 1. The second-order valence-corrected chi connectivity index (χ2v) is 5.41. The summed E-state index contributed by atoms with van der Waals surface area (Å²) >= 11 is 5.87. The highest BCUT2D eigenvalue weighted by Crippen LogP contribution is 2.27. The molecule has 3 rings (SSSR count). The van der Waals surface area contributed by atoms with Gasteiger partial charge in [-0.2, -0.15) is 5.10 Å². The van der Waals surface area contributed by atoms with E-state index in [0.717, 1.165) is 16.6 Å². The first-order valence-corrected chi connectivity index (χ1v) is 6.97. The number of rotatable bonds is 3. The van der Waals surface area contributed by atoms with Gasteiger partial charge in [-0.25, -0.2) is 4.39 Å². The molecular formula is C16H14ClFN2O. The summed E-state index contributed by atoms with van der Waals surface area (Å²) in [5.74, 6) is -0.466. The molecule has 0 bridgehead atoms. The fraction of sp³-hybridized carbons (Fsp3) is 0.188. The van der Waals surface area contributed by atoms with Gasteiger partial charge in [-0.3, -0.25) is 4.68 Å². The van der Waals surface area contributed by atoms with Crippen molar-refractivity contribution >= 4 is 22.5 Å². The number of benzene rings is 2. The van der Waals surface area contributed by atoms with Crippen molar-refractivity contribution in [3.8, 4) is 0 Å². The number of aryl methyl sites for hydroxylation is 1. The molecule has 0 aliphatic carbocycles. The van der Waals surface area contributed by atoms with Gasteiger partial charge in [0.2, 0.25) is 0 Å². The minimum absolute atomic E-state index is 0.192. The molecule has 3 nitrogen and oxygen atoms in total. The molecule has 0 radical (unpaired) electrons. The lowest BCUT2D eigenvalue weighted by atomic mass is 10.0. The standard InChI is InChI=1S/C16H14ClFN2O/c1-20-15-5-3-2-4-11(15)14(19-20)9-16(21)12-8-10(17)6-7-13(12)18/h2-8,16,21H,9H2,1H3. The molecule has 3 aromatic rings. The smallest absolute Gasteiger partial charge is 0.129 e. The molecule has 2 aromatic carbocycles. The zero-order valence-electron chi connectivity index (χ0n) is 11.4. The van der Waals surface area contributed by atoms with Crippen LogP contribution in [-0.2, 0) is 13.5 Å². The van der Waals surface area contributed by atoms with E-state index in [2.05, 4.69) is 5.10 Å². The Labute approximate surface area is 126 Å². The van der Waals surface area contributed by atoms with Crippen LogP contribution in [0.2, 0.25) is 5.02 Å². The Morgan fingerprint density at radius 1 is 1.29 bits per heavy atom. The normalized spacial score (nSPS) is 12.8. The summed E-state index contributed by atoms with van der Waals surface area (Å²) < 4.78 is 15.6. The highest BCUT2D eigenvalue weighted by molar-refractivity contribution is 6.30. The van der Waals surface area contributed by atoms with E-state index in [1.807, 2.05) is 31.3 Å². The summed E-state index contributed by atoms with van der Waals surface area (Å²) in [6, 6.07) is 11.9. The summed E-state index contributed by atoms with van der Waals surface area (Å²) in [6.07, 6.45) is -0.750. The first-order chi connectivity index (χ1) is 10.1. The van der Waals surface area contributed by atoms with Crippen molar-refractivity contribution in [3.63, 3.8) is 0 Å². The Morgan fingerprint density at radius 3 is 2.86 bits per heavy atom. The molecule has 0 fully saturated rings. The average molecular weight is 305 g/mol. The van der Waals surface area contributed by atoms with Gasteiger partial charge < -0.3 is 5.11 Å². The summed E-state index contributed by atoms with van der Waals surface area (Å²) in [7, 11) is 1.85. The molecule has 108 valence electrons. The van der Waals surface area contributed by atoms with Crippen molar-refractivity contribution in [2.24, 2.45) is 7.05 Å². The van der Waals surface area contributed by atoms with Crippen molar-refractivity contribution in [2.75, 3.05) is 0 Å². The minimum Gasteiger partial charge on any atom is -0.388 e. The Balaban J connectivity index is 1.96. The third-order valence-electron chi connectivity index (χ3n) is 3.54. The zero-order valence-corrected chi connectivity index (χ0v) is 12.2. The molecule has 0 aliphatic heterocycles. The summed E-state index contributed by atoms with van der Waals surface area (Å²) in [5, 5.41) is 16.1. The number of fused-ring (bicyclic) bond motifs is 1. The maximum Gasteiger partial charge on any atom is 0.129 e. The fourth-order valence-corrected chi connectivity index (χ4v) is 2.68. The molecule has 0 saturated carbocycles. The van der Waals surface area contributed by atoms with Crippen molar-refractivity contribution in [2.45, 2.75) is 12.5 Å². The lowest BCUT2D eigenvalue weighted by Gasteiger charge is -2.11. The monoisotopic (exact) mass is 304 g/mol. The van der Waals surface area contributed by atoms with E-state index in [9.17, 15) is 9.50 Å². The van der Waals surface area contributed by atoms with Crippen LogP contribution in [0.15, 0.2) is 42.5 Å². The second kappa shape index (κ2) is 5.47. The van der Waals surface area contributed by atoms with Gasteiger partial charge in [0.25, 0.3) is 0 Å². The molecule has 1 unspecified atom stereocenters. The third-order valence-corrected chi connectivity index (χ3v) is 3.77. The topological polar surface area (TPSA) is 38.0 Å². The van der Waals surface area contributed by atoms with E-state index < -0.39 is 11.9 Å². The summed E-state index contributed by atoms with van der Waals surface area (Å²) in [5.41, 5.74) is 1.91. The van der Waals surface area contributed by atoms with Crippen molar-refractivity contribution in [1.82, 2.24) is 9.78 Å². The van der Waals surface area contributed by atoms with Crippen LogP contribution in [0.3, 0.4) is 0 Å². The maximum absolute atomic E-state index is 13.8. The Morgan fingerprint density at radius 2 is 2.05 bits per heavy atom. The van der Waals surface area contributed by atoms with Crippen LogP contribution in [0, 0.1) is 5.82 Å². The van der Waals surface area contributed by atoms with E-state index in [0.29, 0.717) is 5.02 Å². The van der Waals surface area contributed by atoms with Gasteiger partial charge >= 0.3 is 0 Å². The molecule has 1 N–H and O–H groups in total. The number of hydrogen-bond donors (Lipinski definition) is 1. The van der Waals surface area contributed by atoms with Crippen LogP contribution in [0.25, 0.3) is 10.9 Å². The third kappa shape index (κ3) is 2.64. The van der Waals surface area contributed by atoms with Gasteiger partial charge in [0.05, 0.1) is 17.3 Å². The van der Waals surface area contributed by atoms with E-state index in [4.69, 9.17) is 11.6 Å². The van der Waals surface area contributed by atoms with Crippen LogP contribution in [0.1, 0.15) is 17.4 Å². The van der Waals surface area contributed by atoms with E-state index in [-0.39, 0.29) is 12.0 Å². The van der Waals surface area contributed by atoms with Gasteiger partial charge in [-0.15, -0.1) is 0 Å². The molecule has 1 heterocycles. The predicted molar refractivity (Wildman–Crippen MR) is 80.8 cm³/mol. The molecule has 0 saturated heterocycles. The molecule has 21 heavy (non-hydrogen) atoms.